The molecule has 0 aromatic carbocycles. The largest absolute Gasteiger partial charge is 0.478 e. The van der Waals surface area contributed by atoms with E-state index in [1.165, 1.54) is 18.6 Å². The van der Waals surface area contributed by atoms with Crippen LogP contribution in [0.15, 0.2) is 12.1 Å². The van der Waals surface area contributed by atoms with Gasteiger partial charge in [-0.2, -0.15) is 0 Å². The van der Waals surface area contributed by atoms with E-state index in [4.69, 9.17) is 16.7 Å². The molecule has 4 nitrogen and oxygen atoms in total. The Bertz CT molecular complexity index is 418. The number of aromatic carboxylic acids is 1. The van der Waals surface area contributed by atoms with Crippen LogP contribution in [0.3, 0.4) is 0 Å². The third-order valence-electron chi connectivity index (χ3n) is 3.03. The molecule has 1 aliphatic carbocycles. The maximum atomic E-state index is 11.1. The second-order valence-corrected chi connectivity index (χ2v) is 4.39. The molecule has 0 radical (unpaired) electrons. The number of anilines is 1. The van der Waals surface area contributed by atoms with Crippen LogP contribution in [0.25, 0.3) is 0 Å². The van der Waals surface area contributed by atoms with Crippen molar-refractivity contribution < 1.29 is 9.90 Å². The molecular weight excluding hydrogens is 228 g/mol. The first kappa shape index (κ1) is 11.2. The predicted molar refractivity (Wildman–Crippen MR) is 62.2 cm³/mol. The van der Waals surface area contributed by atoms with E-state index in [1.54, 1.807) is 0 Å². The first-order valence-corrected chi connectivity index (χ1v) is 5.60. The van der Waals surface area contributed by atoms with Gasteiger partial charge in [-0.05, 0) is 31.4 Å². The Morgan fingerprint density at radius 1 is 1.56 bits per heavy atom. The number of carboxylic acids is 1. The molecule has 0 spiro atoms. The van der Waals surface area contributed by atoms with Crippen molar-refractivity contribution in [2.75, 3.05) is 11.9 Å². The molecule has 0 atom stereocenters. The lowest BCUT2D eigenvalue weighted by Gasteiger charge is -2.36. The molecule has 0 amide bonds. The summed E-state index contributed by atoms with van der Waals surface area (Å²) in [7, 11) is 1.87. The van der Waals surface area contributed by atoms with Crippen LogP contribution in [0.2, 0.25) is 5.15 Å². The molecule has 1 aromatic heterocycles. The minimum atomic E-state index is -0.967. The molecule has 1 aliphatic rings. The lowest BCUT2D eigenvalue weighted by Crippen LogP contribution is -2.38. The molecular formula is C11H13ClN2O2. The highest BCUT2D eigenvalue weighted by Crippen LogP contribution is 2.29. The summed E-state index contributed by atoms with van der Waals surface area (Å²) in [5.74, 6) is -0.505. The average molecular weight is 241 g/mol. The van der Waals surface area contributed by atoms with Crippen molar-refractivity contribution >= 4 is 23.4 Å². The van der Waals surface area contributed by atoms with Crippen LogP contribution in [-0.2, 0) is 0 Å². The van der Waals surface area contributed by atoms with E-state index in [9.17, 15) is 4.79 Å². The van der Waals surface area contributed by atoms with Gasteiger partial charge in [-0.15, -0.1) is 0 Å². The third-order valence-corrected chi connectivity index (χ3v) is 3.24. The van der Waals surface area contributed by atoms with E-state index < -0.39 is 5.97 Å². The Balaban J connectivity index is 2.36. The second kappa shape index (κ2) is 4.29. The number of carbonyl (C=O) groups is 1. The van der Waals surface area contributed by atoms with Crippen LogP contribution in [0.4, 0.5) is 5.82 Å². The van der Waals surface area contributed by atoms with E-state index in [-0.39, 0.29) is 5.56 Å². The van der Waals surface area contributed by atoms with Crippen LogP contribution in [0.5, 0.6) is 0 Å². The molecule has 86 valence electrons. The number of pyridine rings is 1. The summed E-state index contributed by atoms with van der Waals surface area (Å²) in [5, 5.41) is 9.39. The number of aromatic nitrogens is 1. The fourth-order valence-corrected chi connectivity index (χ4v) is 1.95. The second-order valence-electron chi connectivity index (χ2n) is 4.01. The Hall–Kier alpha value is -1.29. The Morgan fingerprint density at radius 2 is 2.25 bits per heavy atom. The SMILES string of the molecule is CN(c1nc(Cl)ccc1C(=O)O)C1CCC1. The van der Waals surface area contributed by atoms with Gasteiger partial charge in [0.05, 0.1) is 0 Å². The minimum absolute atomic E-state index is 0.207. The smallest absolute Gasteiger partial charge is 0.339 e. The van der Waals surface area contributed by atoms with Crippen molar-refractivity contribution in [1.82, 2.24) is 4.98 Å². The first-order valence-electron chi connectivity index (χ1n) is 5.22. The van der Waals surface area contributed by atoms with Gasteiger partial charge in [-0.1, -0.05) is 11.6 Å². The van der Waals surface area contributed by atoms with Crippen molar-refractivity contribution in [1.29, 1.82) is 0 Å². The zero-order valence-corrected chi connectivity index (χ0v) is 9.74. The summed E-state index contributed by atoms with van der Waals surface area (Å²) < 4.78 is 0. The maximum absolute atomic E-state index is 11.1. The fraction of sp³-hybridized carbons (Fsp3) is 0.455. The van der Waals surface area contributed by atoms with Gasteiger partial charge in [0.2, 0.25) is 0 Å². The fourth-order valence-electron chi connectivity index (χ4n) is 1.81. The Morgan fingerprint density at radius 3 is 2.75 bits per heavy atom. The van der Waals surface area contributed by atoms with Gasteiger partial charge in [-0.3, -0.25) is 0 Å². The molecule has 1 N–H and O–H groups in total. The zero-order chi connectivity index (χ0) is 11.7. The molecule has 1 heterocycles. The quantitative estimate of drug-likeness (QED) is 0.825. The first-order chi connectivity index (χ1) is 7.59. The molecule has 0 unspecified atom stereocenters. The van der Waals surface area contributed by atoms with Crippen molar-refractivity contribution in [3.63, 3.8) is 0 Å². The lowest BCUT2D eigenvalue weighted by molar-refractivity contribution is 0.0697. The minimum Gasteiger partial charge on any atom is -0.478 e. The van der Waals surface area contributed by atoms with Gasteiger partial charge in [0, 0.05) is 13.1 Å². The van der Waals surface area contributed by atoms with Gasteiger partial charge >= 0.3 is 5.97 Å². The molecule has 2 rings (SSSR count). The number of rotatable bonds is 3. The molecule has 0 saturated heterocycles. The van der Waals surface area contributed by atoms with Gasteiger partial charge in [0.25, 0.3) is 0 Å². The van der Waals surface area contributed by atoms with Crippen LogP contribution >= 0.6 is 11.6 Å². The molecule has 16 heavy (non-hydrogen) atoms. The van der Waals surface area contributed by atoms with Crippen LogP contribution < -0.4 is 4.90 Å². The molecule has 1 aromatic rings. The third kappa shape index (κ3) is 1.97. The van der Waals surface area contributed by atoms with Crippen molar-refractivity contribution in [2.45, 2.75) is 25.3 Å². The summed E-state index contributed by atoms with van der Waals surface area (Å²) in [6, 6.07) is 3.40. The van der Waals surface area contributed by atoms with E-state index >= 15 is 0 Å². The molecule has 1 saturated carbocycles. The molecule has 1 fully saturated rings. The number of halogens is 1. The number of nitrogens with zero attached hydrogens (tertiary/aromatic N) is 2. The van der Waals surface area contributed by atoms with E-state index in [0.717, 1.165) is 12.8 Å². The monoisotopic (exact) mass is 240 g/mol. The van der Waals surface area contributed by atoms with Crippen molar-refractivity contribution in [3.8, 4) is 0 Å². The Kier molecular flexibility index (Phi) is 3.01. The summed E-state index contributed by atoms with van der Waals surface area (Å²) in [6.07, 6.45) is 3.37. The van der Waals surface area contributed by atoms with Crippen LogP contribution in [0, 0.1) is 0 Å². The molecule has 5 heteroatoms. The molecule has 0 bridgehead atoms. The van der Waals surface area contributed by atoms with Gasteiger partial charge in [0.15, 0.2) is 0 Å². The highest BCUT2D eigenvalue weighted by atomic mass is 35.5. The maximum Gasteiger partial charge on any atom is 0.339 e. The average Bonchev–Trinajstić information content (AvgIpc) is 2.14. The van der Waals surface area contributed by atoms with Crippen molar-refractivity contribution in [3.05, 3.63) is 22.8 Å². The molecule has 0 aliphatic heterocycles. The highest BCUT2D eigenvalue weighted by Gasteiger charge is 2.26. The predicted octanol–water partition coefficient (Wildman–Crippen LogP) is 2.42. The van der Waals surface area contributed by atoms with E-state index in [2.05, 4.69) is 4.98 Å². The van der Waals surface area contributed by atoms with Gasteiger partial charge in [-0.25, -0.2) is 9.78 Å². The summed E-state index contributed by atoms with van der Waals surface area (Å²) in [5.41, 5.74) is 0.207. The zero-order valence-electron chi connectivity index (χ0n) is 8.98. The van der Waals surface area contributed by atoms with Gasteiger partial charge < -0.3 is 10.0 Å². The van der Waals surface area contributed by atoms with Crippen LogP contribution in [0.1, 0.15) is 29.6 Å². The highest BCUT2D eigenvalue weighted by molar-refractivity contribution is 6.29. The Labute approximate surface area is 98.9 Å². The number of hydrogen-bond donors (Lipinski definition) is 1. The van der Waals surface area contributed by atoms with E-state index in [0.29, 0.717) is 17.0 Å². The van der Waals surface area contributed by atoms with Crippen LogP contribution in [-0.4, -0.2) is 29.1 Å². The number of carboxylic acid groups (broad SMARTS) is 1. The number of hydrogen-bond acceptors (Lipinski definition) is 3. The topological polar surface area (TPSA) is 53.4 Å². The van der Waals surface area contributed by atoms with Crippen molar-refractivity contribution in [2.24, 2.45) is 0 Å². The lowest BCUT2D eigenvalue weighted by atomic mass is 9.91. The van der Waals surface area contributed by atoms with Gasteiger partial charge in [0.1, 0.15) is 16.5 Å². The normalized spacial score (nSPS) is 15.6. The summed E-state index contributed by atoms with van der Waals surface area (Å²) in [4.78, 5) is 17.1. The summed E-state index contributed by atoms with van der Waals surface area (Å²) in [6.45, 7) is 0. The van der Waals surface area contributed by atoms with E-state index in [1.807, 2.05) is 11.9 Å². The summed E-state index contributed by atoms with van der Waals surface area (Å²) >= 11 is 5.80. The standard InChI is InChI=1S/C11H13ClN2O2/c1-14(7-3-2-4-7)10-8(11(15)16)5-6-9(12)13-10/h5-7H,2-4H2,1H3,(H,15,16).